The van der Waals surface area contributed by atoms with Crippen molar-refractivity contribution in [1.29, 1.82) is 0 Å². The number of hydrogen-bond acceptors (Lipinski definition) is 2. The summed E-state index contributed by atoms with van der Waals surface area (Å²) in [6.45, 7) is 2.51. The van der Waals surface area contributed by atoms with E-state index in [1.54, 1.807) is 10.4 Å². The van der Waals surface area contributed by atoms with Crippen molar-refractivity contribution in [1.82, 2.24) is 4.31 Å². The third kappa shape index (κ3) is 3.01. The Bertz CT molecular complexity index is 852. The Balaban J connectivity index is 1.65. The maximum atomic E-state index is 13.2. The van der Waals surface area contributed by atoms with Gasteiger partial charge in [0.25, 0.3) is 0 Å². The second-order valence-electron chi connectivity index (χ2n) is 7.05. The first kappa shape index (κ1) is 15.9. The molecule has 4 rings (SSSR count). The molecule has 0 bridgehead atoms. The van der Waals surface area contributed by atoms with Crippen molar-refractivity contribution in [2.24, 2.45) is 0 Å². The number of nitrogens with zero attached hydrogens (tertiary/aromatic N) is 1. The van der Waals surface area contributed by atoms with Crippen molar-refractivity contribution in [3.05, 3.63) is 64.7 Å². The minimum atomic E-state index is -3.43. The maximum absolute atomic E-state index is 13.2. The molecule has 0 unspecified atom stereocenters. The summed E-state index contributed by atoms with van der Waals surface area (Å²) in [6.07, 6.45) is 5.14. The lowest BCUT2D eigenvalue weighted by Gasteiger charge is -2.22. The Hall–Kier alpha value is -1.65. The Morgan fingerprint density at radius 2 is 1.71 bits per heavy atom. The van der Waals surface area contributed by atoms with E-state index in [2.05, 4.69) is 0 Å². The zero-order chi connectivity index (χ0) is 16.7. The van der Waals surface area contributed by atoms with Gasteiger partial charge in [-0.25, -0.2) is 8.42 Å². The fraction of sp³-hybridized carbons (Fsp3) is 0.400. The maximum Gasteiger partial charge on any atom is 0.243 e. The molecule has 1 fully saturated rings. The molecule has 2 aliphatic rings. The van der Waals surface area contributed by atoms with Gasteiger partial charge in [-0.2, -0.15) is 4.31 Å². The van der Waals surface area contributed by atoms with E-state index in [9.17, 15) is 8.42 Å². The van der Waals surface area contributed by atoms with Crippen molar-refractivity contribution < 1.29 is 8.42 Å². The molecule has 24 heavy (non-hydrogen) atoms. The van der Waals surface area contributed by atoms with Crippen molar-refractivity contribution in [2.45, 2.75) is 56.5 Å². The fourth-order valence-corrected chi connectivity index (χ4v) is 5.21. The molecular formula is C20H23NO2S. The van der Waals surface area contributed by atoms with Crippen LogP contribution in [0.4, 0.5) is 0 Å². The number of benzene rings is 2. The van der Waals surface area contributed by atoms with Gasteiger partial charge in [-0.05, 0) is 67.9 Å². The first-order chi connectivity index (χ1) is 11.5. The molecule has 2 aliphatic carbocycles. The lowest BCUT2D eigenvalue weighted by molar-refractivity contribution is 0.398. The largest absolute Gasteiger partial charge is 0.243 e. The highest BCUT2D eigenvalue weighted by Crippen LogP contribution is 2.34. The molecule has 0 atom stereocenters. The second-order valence-corrected chi connectivity index (χ2v) is 8.94. The number of hydrogen-bond donors (Lipinski definition) is 0. The topological polar surface area (TPSA) is 37.4 Å². The minimum absolute atomic E-state index is 0.157. The predicted molar refractivity (Wildman–Crippen MR) is 95.4 cm³/mol. The molecule has 2 aromatic carbocycles. The van der Waals surface area contributed by atoms with Gasteiger partial charge in [0, 0.05) is 12.6 Å². The Morgan fingerprint density at radius 1 is 1.00 bits per heavy atom. The molecule has 0 saturated heterocycles. The van der Waals surface area contributed by atoms with Gasteiger partial charge in [0.05, 0.1) is 4.90 Å². The molecule has 0 N–H and O–H groups in total. The molecule has 3 nitrogen and oxygen atoms in total. The Kier molecular flexibility index (Phi) is 3.97. The summed E-state index contributed by atoms with van der Waals surface area (Å²) in [6, 6.07) is 14.0. The molecule has 0 amide bonds. The summed E-state index contributed by atoms with van der Waals surface area (Å²) in [4.78, 5) is 0.460. The molecule has 1 saturated carbocycles. The smallest absolute Gasteiger partial charge is 0.207 e. The van der Waals surface area contributed by atoms with Gasteiger partial charge < -0.3 is 0 Å². The molecular weight excluding hydrogens is 318 g/mol. The standard InChI is InChI=1S/C20H23NO2S/c1-15-5-7-16(8-6-15)14-21(19-10-11-19)24(22,23)20-12-9-17-3-2-4-18(17)13-20/h5-9,12-13,19H,2-4,10-11,14H2,1H3. The summed E-state index contributed by atoms with van der Waals surface area (Å²) >= 11 is 0. The van der Waals surface area contributed by atoms with E-state index in [0.717, 1.165) is 37.7 Å². The van der Waals surface area contributed by atoms with Crippen LogP contribution in [-0.4, -0.2) is 18.8 Å². The highest BCUT2D eigenvalue weighted by Gasteiger charge is 2.38. The van der Waals surface area contributed by atoms with Crippen LogP contribution in [-0.2, 0) is 29.4 Å². The normalized spacial score (nSPS) is 17.2. The van der Waals surface area contributed by atoms with Crippen LogP contribution in [0.15, 0.2) is 47.4 Å². The van der Waals surface area contributed by atoms with Gasteiger partial charge in [0.2, 0.25) is 10.0 Å². The van der Waals surface area contributed by atoms with Crippen LogP contribution in [0.25, 0.3) is 0 Å². The van der Waals surface area contributed by atoms with E-state index in [1.807, 2.05) is 43.3 Å². The number of aryl methyl sites for hydroxylation is 3. The van der Waals surface area contributed by atoms with Crippen LogP contribution in [0.3, 0.4) is 0 Å². The monoisotopic (exact) mass is 341 g/mol. The number of rotatable bonds is 5. The van der Waals surface area contributed by atoms with E-state index >= 15 is 0 Å². The highest BCUT2D eigenvalue weighted by molar-refractivity contribution is 7.89. The van der Waals surface area contributed by atoms with E-state index < -0.39 is 10.0 Å². The fourth-order valence-electron chi connectivity index (χ4n) is 3.49. The third-order valence-electron chi connectivity index (χ3n) is 5.09. The number of sulfonamides is 1. The zero-order valence-corrected chi connectivity index (χ0v) is 14.8. The molecule has 0 heterocycles. The van der Waals surface area contributed by atoms with Crippen LogP contribution in [0.1, 0.15) is 41.5 Å². The van der Waals surface area contributed by atoms with Crippen molar-refractivity contribution in [2.75, 3.05) is 0 Å². The summed E-state index contributed by atoms with van der Waals surface area (Å²) < 4.78 is 28.1. The first-order valence-electron chi connectivity index (χ1n) is 8.73. The minimum Gasteiger partial charge on any atom is -0.207 e. The van der Waals surface area contributed by atoms with Gasteiger partial charge in [-0.1, -0.05) is 35.9 Å². The van der Waals surface area contributed by atoms with Gasteiger partial charge in [0.15, 0.2) is 0 Å². The van der Waals surface area contributed by atoms with E-state index in [1.165, 1.54) is 16.7 Å². The number of fused-ring (bicyclic) bond motifs is 1. The summed E-state index contributed by atoms with van der Waals surface area (Å²) in [5.41, 5.74) is 4.77. The van der Waals surface area contributed by atoms with Crippen molar-refractivity contribution >= 4 is 10.0 Å². The lowest BCUT2D eigenvalue weighted by Crippen LogP contribution is -2.32. The molecule has 2 aromatic rings. The van der Waals surface area contributed by atoms with Crippen LogP contribution in [0.5, 0.6) is 0 Å². The highest BCUT2D eigenvalue weighted by atomic mass is 32.2. The summed E-state index contributed by atoms with van der Waals surface area (Å²) in [5.74, 6) is 0. The summed E-state index contributed by atoms with van der Waals surface area (Å²) in [7, 11) is -3.43. The molecule has 126 valence electrons. The lowest BCUT2D eigenvalue weighted by atomic mass is 10.1. The van der Waals surface area contributed by atoms with Gasteiger partial charge in [-0.3, -0.25) is 0 Å². The van der Waals surface area contributed by atoms with E-state index in [0.29, 0.717) is 11.4 Å². The SMILES string of the molecule is Cc1ccc(CN(C2CC2)S(=O)(=O)c2ccc3c(c2)CCC3)cc1. The van der Waals surface area contributed by atoms with Gasteiger partial charge >= 0.3 is 0 Å². The average Bonchev–Trinajstić information content (AvgIpc) is 3.30. The van der Waals surface area contributed by atoms with Crippen LogP contribution in [0, 0.1) is 6.92 Å². The Morgan fingerprint density at radius 3 is 2.42 bits per heavy atom. The predicted octanol–water partition coefficient (Wildman–Crippen LogP) is 3.84. The molecule has 0 aliphatic heterocycles. The zero-order valence-electron chi connectivity index (χ0n) is 14.0. The first-order valence-corrected chi connectivity index (χ1v) is 10.2. The van der Waals surface area contributed by atoms with Crippen molar-refractivity contribution in [3.8, 4) is 0 Å². The van der Waals surface area contributed by atoms with Gasteiger partial charge in [0.1, 0.15) is 0 Å². The second kappa shape index (κ2) is 6.01. The van der Waals surface area contributed by atoms with Crippen molar-refractivity contribution in [3.63, 3.8) is 0 Å². The van der Waals surface area contributed by atoms with E-state index in [4.69, 9.17) is 0 Å². The van der Waals surface area contributed by atoms with Crippen LogP contribution < -0.4 is 0 Å². The summed E-state index contributed by atoms with van der Waals surface area (Å²) in [5, 5.41) is 0. The Labute approximate surface area is 144 Å². The average molecular weight is 341 g/mol. The molecule has 0 radical (unpaired) electrons. The van der Waals surface area contributed by atoms with E-state index in [-0.39, 0.29) is 6.04 Å². The molecule has 0 spiro atoms. The third-order valence-corrected chi connectivity index (χ3v) is 6.98. The molecule has 0 aromatic heterocycles. The quantitative estimate of drug-likeness (QED) is 0.829. The van der Waals surface area contributed by atoms with Gasteiger partial charge in [-0.15, -0.1) is 0 Å². The molecule has 4 heteroatoms. The van der Waals surface area contributed by atoms with Crippen LogP contribution in [0.2, 0.25) is 0 Å². The van der Waals surface area contributed by atoms with Crippen LogP contribution >= 0.6 is 0 Å².